The minimum atomic E-state index is -4.22. The van der Waals surface area contributed by atoms with Gasteiger partial charge in [-0.15, -0.1) is 0 Å². The molecule has 1 atom stereocenters. The molecule has 208 valence electrons. The molecule has 0 spiro atoms. The monoisotopic (exact) mass is 573 g/mol. The number of rotatable bonds is 9. The van der Waals surface area contributed by atoms with Gasteiger partial charge >= 0.3 is 0 Å². The fourth-order valence-corrected chi connectivity index (χ4v) is 5.44. The van der Waals surface area contributed by atoms with E-state index in [1.54, 1.807) is 45.0 Å². The Balaban J connectivity index is 2.05. The number of amides is 2. The van der Waals surface area contributed by atoms with Crippen LogP contribution in [0.5, 0.6) is 0 Å². The molecule has 7 nitrogen and oxygen atoms in total. The van der Waals surface area contributed by atoms with Crippen LogP contribution >= 0.6 is 11.6 Å². The van der Waals surface area contributed by atoms with Crippen molar-refractivity contribution in [2.75, 3.05) is 10.8 Å². The number of hydrogen-bond acceptors (Lipinski definition) is 4. The molecule has 2 amide bonds. The molecular formula is C29H33ClFN3O4S. The Kier molecular flexibility index (Phi) is 9.40. The van der Waals surface area contributed by atoms with Crippen LogP contribution in [0.3, 0.4) is 0 Å². The van der Waals surface area contributed by atoms with Crippen molar-refractivity contribution in [2.24, 2.45) is 0 Å². The van der Waals surface area contributed by atoms with Gasteiger partial charge in [-0.25, -0.2) is 12.8 Å². The molecule has 0 aliphatic carbocycles. The fraction of sp³-hybridized carbons (Fsp3) is 0.310. The summed E-state index contributed by atoms with van der Waals surface area (Å²) >= 11 is 5.97. The van der Waals surface area contributed by atoms with E-state index < -0.39 is 45.8 Å². The van der Waals surface area contributed by atoms with Crippen LogP contribution in [0.2, 0.25) is 5.02 Å². The number of nitrogens with one attached hydrogen (secondary N) is 1. The third kappa shape index (κ3) is 7.80. The van der Waals surface area contributed by atoms with Crippen molar-refractivity contribution in [3.63, 3.8) is 0 Å². The summed E-state index contributed by atoms with van der Waals surface area (Å²) in [7, 11) is -4.22. The van der Waals surface area contributed by atoms with Gasteiger partial charge in [0.1, 0.15) is 18.4 Å². The van der Waals surface area contributed by atoms with E-state index in [0.29, 0.717) is 5.02 Å². The van der Waals surface area contributed by atoms with E-state index in [4.69, 9.17) is 11.6 Å². The van der Waals surface area contributed by atoms with Crippen molar-refractivity contribution in [2.45, 2.75) is 57.6 Å². The van der Waals surface area contributed by atoms with Gasteiger partial charge in [-0.1, -0.05) is 41.9 Å². The van der Waals surface area contributed by atoms with E-state index in [9.17, 15) is 22.4 Å². The zero-order chi connectivity index (χ0) is 29.0. The van der Waals surface area contributed by atoms with Crippen LogP contribution in [0, 0.1) is 12.7 Å². The van der Waals surface area contributed by atoms with Crippen molar-refractivity contribution >= 4 is 39.1 Å². The zero-order valence-electron chi connectivity index (χ0n) is 22.6. The van der Waals surface area contributed by atoms with Gasteiger partial charge in [0, 0.05) is 22.7 Å². The molecule has 0 bridgehead atoms. The number of halogens is 2. The number of benzene rings is 3. The number of anilines is 1. The summed E-state index contributed by atoms with van der Waals surface area (Å²) in [6.45, 7) is 7.91. The van der Waals surface area contributed by atoms with E-state index in [0.717, 1.165) is 9.87 Å². The average molecular weight is 574 g/mol. The molecular weight excluding hydrogens is 541 g/mol. The maximum Gasteiger partial charge on any atom is 0.264 e. The van der Waals surface area contributed by atoms with Gasteiger partial charge in [0.25, 0.3) is 10.0 Å². The Bertz CT molecular complexity index is 1440. The molecule has 0 aliphatic rings. The molecule has 0 aliphatic heterocycles. The number of nitrogens with zero attached hydrogens (tertiary/aromatic N) is 2. The second-order valence-corrected chi connectivity index (χ2v) is 12.6. The highest BCUT2D eigenvalue weighted by atomic mass is 35.5. The summed E-state index contributed by atoms with van der Waals surface area (Å²) in [5.41, 5.74) is 0.682. The normalized spacial score (nSPS) is 12.5. The molecule has 10 heteroatoms. The molecule has 0 radical (unpaired) electrons. The predicted molar refractivity (Wildman–Crippen MR) is 151 cm³/mol. The first-order chi connectivity index (χ1) is 18.2. The van der Waals surface area contributed by atoms with Gasteiger partial charge in [0.05, 0.1) is 10.6 Å². The van der Waals surface area contributed by atoms with Crippen molar-refractivity contribution in [3.05, 3.63) is 94.8 Å². The topological polar surface area (TPSA) is 86.8 Å². The Morgan fingerprint density at radius 2 is 1.64 bits per heavy atom. The van der Waals surface area contributed by atoms with Crippen molar-refractivity contribution in [1.29, 1.82) is 0 Å². The van der Waals surface area contributed by atoms with E-state index in [1.807, 2.05) is 13.0 Å². The molecule has 1 N–H and O–H groups in total. The third-order valence-corrected chi connectivity index (χ3v) is 7.97. The van der Waals surface area contributed by atoms with Crippen LogP contribution in [-0.2, 0) is 26.2 Å². The molecule has 0 fully saturated rings. The van der Waals surface area contributed by atoms with E-state index in [2.05, 4.69) is 5.32 Å². The van der Waals surface area contributed by atoms with Crippen molar-refractivity contribution in [1.82, 2.24) is 10.2 Å². The molecule has 0 saturated heterocycles. The number of hydrogen-bond donors (Lipinski definition) is 1. The molecule has 0 heterocycles. The smallest absolute Gasteiger partial charge is 0.264 e. The SMILES string of the molecule is Cc1cccc(N(CC(=O)N(Cc2ccccc2F)[C@@H](C)C(=O)NC(C)(C)C)S(=O)(=O)c2ccc(Cl)cc2)c1. The molecule has 3 aromatic carbocycles. The van der Waals surface area contributed by atoms with E-state index >= 15 is 0 Å². The predicted octanol–water partition coefficient (Wildman–Crippen LogP) is 5.31. The summed E-state index contributed by atoms with van der Waals surface area (Å²) in [5.74, 6) is -1.66. The lowest BCUT2D eigenvalue weighted by Crippen LogP contribution is -2.54. The fourth-order valence-electron chi connectivity index (χ4n) is 3.91. The molecule has 39 heavy (non-hydrogen) atoms. The second kappa shape index (κ2) is 12.2. The summed E-state index contributed by atoms with van der Waals surface area (Å²) in [6, 6.07) is 17.3. The number of aryl methyl sites for hydroxylation is 1. The highest BCUT2D eigenvalue weighted by molar-refractivity contribution is 7.92. The van der Waals surface area contributed by atoms with Crippen LogP contribution in [-0.4, -0.2) is 43.3 Å². The maximum absolute atomic E-state index is 14.6. The van der Waals surface area contributed by atoms with E-state index in [-0.39, 0.29) is 22.7 Å². The van der Waals surface area contributed by atoms with Crippen LogP contribution in [0.4, 0.5) is 10.1 Å². The first kappa shape index (κ1) is 30.1. The van der Waals surface area contributed by atoms with Crippen LogP contribution in [0.1, 0.15) is 38.8 Å². The maximum atomic E-state index is 14.6. The number of carbonyl (C=O) groups excluding carboxylic acids is 2. The van der Waals surface area contributed by atoms with Crippen LogP contribution in [0.25, 0.3) is 0 Å². The minimum Gasteiger partial charge on any atom is -0.350 e. The minimum absolute atomic E-state index is 0.0552. The number of sulfonamides is 1. The standard InChI is InChI=1S/C29H33ClFN3O4S/c1-20-9-8-11-24(17-20)34(39(37,38)25-15-13-23(30)14-16-25)19-27(35)33(18-22-10-6-7-12-26(22)31)21(2)28(36)32-29(3,4)5/h6-17,21H,18-19H2,1-5H3,(H,32,36)/t21-/m0/s1. The summed E-state index contributed by atoms with van der Waals surface area (Å²) in [4.78, 5) is 28.1. The first-order valence-electron chi connectivity index (χ1n) is 12.4. The highest BCUT2D eigenvalue weighted by Crippen LogP contribution is 2.26. The first-order valence-corrected chi connectivity index (χ1v) is 14.2. The lowest BCUT2D eigenvalue weighted by Gasteiger charge is -2.33. The quantitative estimate of drug-likeness (QED) is 0.376. The summed E-state index contributed by atoms with van der Waals surface area (Å²) < 4.78 is 43.2. The molecule has 0 aromatic heterocycles. The van der Waals surface area contributed by atoms with Crippen molar-refractivity contribution in [3.8, 4) is 0 Å². The zero-order valence-corrected chi connectivity index (χ0v) is 24.2. The lowest BCUT2D eigenvalue weighted by molar-refractivity contribution is -0.140. The Hall–Kier alpha value is -3.43. The van der Waals surface area contributed by atoms with Gasteiger partial charge in [-0.3, -0.25) is 13.9 Å². The van der Waals surface area contributed by atoms with Crippen LogP contribution in [0.15, 0.2) is 77.7 Å². The Labute approximate surface area is 234 Å². The van der Waals surface area contributed by atoms with Gasteiger partial charge in [0.2, 0.25) is 11.8 Å². The molecule has 3 aromatic rings. The summed E-state index contributed by atoms with van der Waals surface area (Å²) in [5, 5.41) is 3.20. The van der Waals surface area contributed by atoms with Gasteiger partial charge in [-0.2, -0.15) is 0 Å². The second-order valence-electron chi connectivity index (χ2n) is 10.3. The average Bonchev–Trinajstić information content (AvgIpc) is 2.85. The number of carbonyl (C=O) groups is 2. The molecule has 0 saturated carbocycles. The van der Waals surface area contributed by atoms with E-state index in [1.165, 1.54) is 54.3 Å². The highest BCUT2D eigenvalue weighted by Gasteiger charge is 2.33. The molecule has 0 unspecified atom stereocenters. The Morgan fingerprint density at radius 1 is 1.00 bits per heavy atom. The van der Waals surface area contributed by atoms with Gasteiger partial charge in [0.15, 0.2) is 0 Å². The lowest BCUT2D eigenvalue weighted by atomic mass is 10.1. The largest absolute Gasteiger partial charge is 0.350 e. The third-order valence-electron chi connectivity index (χ3n) is 5.93. The summed E-state index contributed by atoms with van der Waals surface area (Å²) in [6.07, 6.45) is 0. The van der Waals surface area contributed by atoms with Crippen LogP contribution < -0.4 is 9.62 Å². The molecule has 3 rings (SSSR count). The van der Waals surface area contributed by atoms with Crippen molar-refractivity contribution < 1.29 is 22.4 Å². The van der Waals surface area contributed by atoms with Gasteiger partial charge in [-0.05, 0) is 82.6 Å². The van der Waals surface area contributed by atoms with Gasteiger partial charge < -0.3 is 10.2 Å². The Morgan fingerprint density at radius 3 is 2.23 bits per heavy atom.